The number of anilines is 1. The molecule has 8 heteroatoms. The van der Waals surface area contributed by atoms with Crippen molar-refractivity contribution in [2.45, 2.75) is 25.3 Å². The second-order valence-electron chi connectivity index (χ2n) is 4.91. The SMILES string of the molecule is CNc1ccn(C2O[C@](N)(COC=O)CC2C)c(=O)n1. The molecule has 3 N–H and O–H groups in total. The van der Waals surface area contributed by atoms with E-state index in [0.29, 0.717) is 18.7 Å². The minimum absolute atomic E-state index is 0.00446. The van der Waals surface area contributed by atoms with Crippen molar-refractivity contribution in [3.8, 4) is 0 Å². The van der Waals surface area contributed by atoms with E-state index in [2.05, 4.69) is 15.0 Å². The van der Waals surface area contributed by atoms with Crippen LogP contribution in [0.5, 0.6) is 0 Å². The number of hydrogen-bond donors (Lipinski definition) is 2. The van der Waals surface area contributed by atoms with Gasteiger partial charge in [-0.05, 0) is 6.07 Å². The van der Waals surface area contributed by atoms with Crippen LogP contribution in [0.4, 0.5) is 5.82 Å². The Morgan fingerprint density at radius 2 is 2.50 bits per heavy atom. The van der Waals surface area contributed by atoms with E-state index in [4.69, 9.17) is 10.5 Å². The van der Waals surface area contributed by atoms with E-state index >= 15 is 0 Å². The first kappa shape index (κ1) is 14.5. The molecule has 0 aromatic carbocycles. The first-order chi connectivity index (χ1) is 9.49. The van der Waals surface area contributed by atoms with Gasteiger partial charge in [0.1, 0.15) is 18.7 Å². The third-order valence-corrected chi connectivity index (χ3v) is 3.27. The summed E-state index contributed by atoms with van der Waals surface area (Å²) in [5, 5.41) is 2.79. The lowest BCUT2D eigenvalue weighted by molar-refractivity contribution is -0.144. The standard InChI is InChI=1S/C12H18N4O4/c1-8-5-12(13,6-19-7-17)20-10(8)16-4-3-9(14-2)15-11(16)18/h3-4,7-8,10H,5-6,13H2,1-2H3,(H,14,15,18)/t8?,10?,12-/m0/s1. The maximum Gasteiger partial charge on any atom is 0.351 e. The molecule has 1 aromatic heterocycles. The molecule has 1 aromatic rings. The van der Waals surface area contributed by atoms with Gasteiger partial charge in [0.15, 0.2) is 5.72 Å². The molecule has 1 aliphatic rings. The second-order valence-corrected chi connectivity index (χ2v) is 4.91. The number of ether oxygens (including phenoxy) is 2. The van der Waals surface area contributed by atoms with Gasteiger partial charge in [-0.1, -0.05) is 6.92 Å². The Labute approximate surface area is 115 Å². The molecule has 1 aliphatic heterocycles. The number of nitrogens with zero attached hydrogens (tertiary/aromatic N) is 2. The highest BCUT2D eigenvalue weighted by Crippen LogP contribution is 2.37. The molecule has 8 nitrogen and oxygen atoms in total. The van der Waals surface area contributed by atoms with Gasteiger partial charge in [-0.3, -0.25) is 9.36 Å². The van der Waals surface area contributed by atoms with Crippen molar-refractivity contribution in [1.29, 1.82) is 0 Å². The summed E-state index contributed by atoms with van der Waals surface area (Å²) in [5.41, 5.74) is 4.52. The van der Waals surface area contributed by atoms with Crippen LogP contribution < -0.4 is 16.7 Å². The molecule has 110 valence electrons. The molecule has 0 amide bonds. The van der Waals surface area contributed by atoms with E-state index in [1.807, 2.05) is 6.92 Å². The Hall–Kier alpha value is -1.93. The fraction of sp³-hybridized carbons (Fsp3) is 0.583. The lowest BCUT2D eigenvalue weighted by atomic mass is 10.0. The molecule has 0 bridgehead atoms. The monoisotopic (exact) mass is 282 g/mol. The van der Waals surface area contributed by atoms with Crippen LogP contribution >= 0.6 is 0 Å². The molecule has 2 heterocycles. The van der Waals surface area contributed by atoms with E-state index in [0.717, 1.165) is 0 Å². The average Bonchev–Trinajstić information content (AvgIpc) is 2.72. The maximum absolute atomic E-state index is 12.0. The Kier molecular flexibility index (Phi) is 4.05. The quantitative estimate of drug-likeness (QED) is 0.712. The highest BCUT2D eigenvalue weighted by molar-refractivity contribution is 5.37. The Morgan fingerprint density at radius 3 is 3.10 bits per heavy atom. The summed E-state index contributed by atoms with van der Waals surface area (Å²) < 4.78 is 11.8. The second kappa shape index (κ2) is 5.59. The van der Waals surface area contributed by atoms with Gasteiger partial charge in [-0.2, -0.15) is 4.98 Å². The number of carbonyl (C=O) groups is 1. The molecule has 0 aliphatic carbocycles. The summed E-state index contributed by atoms with van der Waals surface area (Å²) in [5.74, 6) is 0.482. The Bertz CT molecular complexity index is 547. The van der Waals surface area contributed by atoms with Crippen LogP contribution in [0.2, 0.25) is 0 Å². The molecule has 0 radical (unpaired) electrons. The first-order valence-electron chi connectivity index (χ1n) is 6.28. The zero-order valence-electron chi connectivity index (χ0n) is 11.4. The van der Waals surface area contributed by atoms with Crippen LogP contribution in [0, 0.1) is 5.92 Å². The number of hydrogen-bond acceptors (Lipinski definition) is 7. The van der Waals surface area contributed by atoms with E-state index < -0.39 is 17.6 Å². The number of nitrogens with one attached hydrogen (secondary N) is 1. The maximum atomic E-state index is 12.0. The van der Waals surface area contributed by atoms with Gasteiger partial charge in [-0.15, -0.1) is 0 Å². The van der Waals surface area contributed by atoms with Crippen LogP contribution in [-0.4, -0.2) is 35.4 Å². The fourth-order valence-corrected chi connectivity index (χ4v) is 2.40. The van der Waals surface area contributed by atoms with Crippen molar-refractivity contribution in [2.75, 3.05) is 19.0 Å². The lowest BCUT2D eigenvalue weighted by Crippen LogP contribution is -2.44. The molecule has 1 fully saturated rings. The normalized spacial score (nSPS) is 29.1. The highest BCUT2D eigenvalue weighted by Gasteiger charge is 2.43. The van der Waals surface area contributed by atoms with Gasteiger partial charge < -0.3 is 20.5 Å². The minimum Gasteiger partial charge on any atom is -0.463 e. The topological polar surface area (TPSA) is 108 Å². The minimum atomic E-state index is -1.08. The van der Waals surface area contributed by atoms with Crippen LogP contribution in [0.3, 0.4) is 0 Å². The lowest BCUT2D eigenvalue weighted by Gasteiger charge is -2.23. The molecule has 3 atom stereocenters. The molecule has 20 heavy (non-hydrogen) atoms. The summed E-state index contributed by atoms with van der Waals surface area (Å²) in [4.78, 5) is 26.1. The number of nitrogens with two attached hydrogens (primary N) is 1. The average molecular weight is 282 g/mol. The van der Waals surface area contributed by atoms with Gasteiger partial charge in [0, 0.05) is 25.6 Å². The summed E-state index contributed by atoms with van der Waals surface area (Å²) in [6, 6.07) is 1.68. The van der Waals surface area contributed by atoms with Crippen LogP contribution in [-0.2, 0) is 14.3 Å². The zero-order chi connectivity index (χ0) is 14.8. The molecule has 1 saturated heterocycles. The van der Waals surface area contributed by atoms with Gasteiger partial charge in [0.2, 0.25) is 0 Å². The zero-order valence-corrected chi connectivity index (χ0v) is 11.4. The smallest absolute Gasteiger partial charge is 0.351 e. The van der Waals surface area contributed by atoms with Gasteiger partial charge in [-0.25, -0.2) is 4.79 Å². The van der Waals surface area contributed by atoms with E-state index in [1.165, 1.54) is 4.57 Å². The Balaban J connectivity index is 2.21. The largest absolute Gasteiger partial charge is 0.463 e. The number of aromatic nitrogens is 2. The number of carbonyl (C=O) groups excluding carboxylic acids is 1. The van der Waals surface area contributed by atoms with Gasteiger partial charge in [0.25, 0.3) is 6.47 Å². The van der Waals surface area contributed by atoms with Crippen LogP contribution in [0.25, 0.3) is 0 Å². The molecule has 2 unspecified atom stereocenters. The molecule has 0 saturated carbocycles. The highest BCUT2D eigenvalue weighted by atomic mass is 16.6. The predicted octanol–water partition coefficient (Wildman–Crippen LogP) is -0.332. The first-order valence-corrected chi connectivity index (χ1v) is 6.28. The Morgan fingerprint density at radius 1 is 1.75 bits per heavy atom. The fourth-order valence-electron chi connectivity index (χ4n) is 2.40. The summed E-state index contributed by atoms with van der Waals surface area (Å²) in [6.07, 6.45) is 1.56. The molecular weight excluding hydrogens is 264 g/mol. The van der Waals surface area contributed by atoms with Crippen molar-refractivity contribution >= 4 is 12.3 Å². The van der Waals surface area contributed by atoms with E-state index in [9.17, 15) is 9.59 Å². The molecule has 0 spiro atoms. The van der Waals surface area contributed by atoms with E-state index in [-0.39, 0.29) is 12.5 Å². The van der Waals surface area contributed by atoms with Crippen molar-refractivity contribution in [1.82, 2.24) is 9.55 Å². The van der Waals surface area contributed by atoms with Crippen molar-refractivity contribution in [2.24, 2.45) is 11.7 Å². The van der Waals surface area contributed by atoms with Crippen LogP contribution in [0.1, 0.15) is 19.6 Å². The third kappa shape index (κ3) is 2.81. The summed E-state index contributed by atoms with van der Waals surface area (Å²) in [6.45, 7) is 2.19. The summed E-state index contributed by atoms with van der Waals surface area (Å²) in [7, 11) is 1.68. The van der Waals surface area contributed by atoms with E-state index in [1.54, 1.807) is 19.3 Å². The molecular formula is C12H18N4O4. The van der Waals surface area contributed by atoms with Crippen molar-refractivity contribution < 1.29 is 14.3 Å². The van der Waals surface area contributed by atoms with Gasteiger partial charge >= 0.3 is 5.69 Å². The van der Waals surface area contributed by atoms with Gasteiger partial charge in [0.05, 0.1) is 0 Å². The summed E-state index contributed by atoms with van der Waals surface area (Å²) >= 11 is 0. The van der Waals surface area contributed by atoms with Crippen LogP contribution in [0.15, 0.2) is 17.1 Å². The molecule has 2 rings (SSSR count). The van der Waals surface area contributed by atoms with Crippen molar-refractivity contribution in [3.63, 3.8) is 0 Å². The number of rotatable bonds is 5. The third-order valence-electron chi connectivity index (χ3n) is 3.27. The predicted molar refractivity (Wildman–Crippen MR) is 70.9 cm³/mol. The van der Waals surface area contributed by atoms with Crippen molar-refractivity contribution in [3.05, 3.63) is 22.7 Å².